The molecule has 98 valence electrons. The van der Waals surface area contributed by atoms with Gasteiger partial charge in [0.15, 0.2) is 0 Å². The largest absolute Gasteiger partial charge is 0.384 e. The number of anilines is 1. The number of likely N-dealkylation sites (N-methyl/N-ethyl adjacent to an activating group) is 1. The number of nitrogens with zero attached hydrogens (tertiary/aromatic N) is 2. The van der Waals surface area contributed by atoms with E-state index in [1.165, 1.54) is 0 Å². The minimum Gasteiger partial charge on any atom is -0.384 e. The van der Waals surface area contributed by atoms with Crippen LogP contribution in [0.1, 0.15) is 28.9 Å². The van der Waals surface area contributed by atoms with E-state index in [1.54, 1.807) is 24.1 Å². The number of nitrogen functional groups attached to an aromatic ring is 1. The summed E-state index contributed by atoms with van der Waals surface area (Å²) in [5.74, 6) is 0.339. The van der Waals surface area contributed by atoms with Gasteiger partial charge in [-0.15, -0.1) is 0 Å². The average molecular weight is 249 g/mol. The lowest BCUT2D eigenvalue weighted by Crippen LogP contribution is -2.34. The van der Waals surface area contributed by atoms with Gasteiger partial charge in [0.25, 0.3) is 5.91 Å². The third kappa shape index (κ3) is 2.98. The van der Waals surface area contributed by atoms with E-state index in [2.05, 4.69) is 4.98 Å². The molecule has 5 nitrogen and oxygen atoms in total. The lowest BCUT2D eigenvalue weighted by atomic mass is 10.2. The number of nitrogens with two attached hydrogens (primary N) is 1. The highest BCUT2D eigenvalue weighted by Gasteiger charge is 2.21. The smallest absolute Gasteiger partial charge is 0.253 e. The Balaban J connectivity index is 2.04. The number of aromatic nitrogens is 1. The van der Waals surface area contributed by atoms with E-state index in [4.69, 9.17) is 10.5 Å². The Morgan fingerprint density at radius 3 is 3.00 bits per heavy atom. The monoisotopic (exact) mass is 249 g/mol. The Labute approximate surface area is 107 Å². The average Bonchev–Trinajstić information content (AvgIpc) is 2.79. The molecule has 2 heterocycles. The summed E-state index contributed by atoms with van der Waals surface area (Å²) in [7, 11) is 1.79. The number of carbonyl (C=O) groups excluding carboxylic acids is 1. The van der Waals surface area contributed by atoms with Crippen LogP contribution in [0.3, 0.4) is 0 Å². The van der Waals surface area contributed by atoms with Gasteiger partial charge in [0.1, 0.15) is 5.82 Å². The Morgan fingerprint density at radius 1 is 1.61 bits per heavy atom. The van der Waals surface area contributed by atoms with Crippen molar-refractivity contribution in [2.75, 3.05) is 25.9 Å². The zero-order valence-electron chi connectivity index (χ0n) is 10.8. The summed E-state index contributed by atoms with van der Waals surface area (Å²) < 4.78 is 5.53. The van der Waals surface area contributed by atoms with E-state index in [-0.39, 0.29) is 12.0 Å². The van der Waals surface area contributed by atoms with Crippen molar-refractivity contribution >= 4 is 11.7 Å². The first-order valence-electron chi connectivity index (χ1n) is 6.17. The topological polar surface area (TPSA) is 68.5 Å². The molecule has 0 radical (unpaired) electrons. The molecule has 1 saturated heterocycles. The highest BCUT2D eigenvalue weighted by Crippen LogP contribution is 2.15. The van der Waals surface area contributed by atoms with Crippen molar-refractivity contribution in [2.45, 2.75) is 25.9 Å². The number of ether oxygens (including phenoxy) is 1. The van der Waals surface area contributed by atoms with Gasteiger partial charge in [-0.1, -0.05) is 0 Å². The van der Waals surface area contributed by atoms with E-state index in [1.807, 2.05) is 6.92 Å². The maximum absolute atomic E-state index is 12.2. The van der Waals surface area contributed by atoms with Crippen LogP contribution in [0.5, 0.6) is 0 Å². The van der Waals surface area contributed by atoms with E-state index < -0.39 is 0 Å². The van der Waals surface area contributed by atoms with Gasteiger partial charge in [-0.2, -0.15) is 0 Å². The molecule has 1 atom stereocenters. The molecule has 0 bridgehead atoms. The van der Waals surface area contributed by atoms with Gasteiger partial charge < -0.3 is 15.4 Å². The Bertz CT molecular complexity index is 422. The molecule has 0 aromatic carbocycles. The second-order valence-electron chi connectivity index (χ2n) is 4.74. The van der Waals surface area contributed by atoms with Crippen LogP contribution in [-0.4, -0.2) is 42.1 Å². The lowest BCUT2D eigenvalue weighted by Gasteiger charge is -2.21. The molecule has 1 fully saturated rings. The number of aryl methyl sites for hydroxylation is 1. The van der Waals surface area contributed by atoms with E-state index >= 15 is 0 Å². The van der Waals surface area contributed by atoms with Gasteiger partial charge in [0.05, 0.1) is 6.10 Å². The molecular formula is C13H19N3O2. The number of pyridine rings is 1. The second-order valence-corrected chi connectivity index (χ2v) is 4.74. The zero-order chi connectivity index (χ0) is 13.1. The molecule has 0 spiro atoms. The van der Waals surface area contributed by atoms with Crippen LogP contribution in [0.15, 0.2) is 12.1 Å². The van der Waals surface area contributed by atoms with Gasteiger partial charge in [-0.3, -0.25) is 4.79 Å². The second kappa shape index (κ2) is 5.35. The van der Waals surface area contributed by atoms with Crippen LogP contribution >= 0.6 is 0 Å². The normalized spacial score (nSPS) is 18.9. The van der Waals surface area contributed by atoms with E-state index in [9.17, 15) is 4.79 Å². The van der Waals surface area contributed by atoms with Crippen molar-refractivity contribution in [3.05, 3.63) is 23.4 Å². The van der Waals surface area contributed by atoms with Crippen molar-refractivity contribution in [3.63, 3.8) is 0 Å². The summed E-state index contributed by atoms with van der Waals surface area (Å²) in [6.45, 7) is 3.25. The van der Waals surface area contributed by atoms with Crippen LogP contribution in [0.25, 0.3) is 0 Å². The molecule has 0 aliphatic carbocycles. The highest BCUT2D eigenvalue weighted by atomic mass is 16.5. The summed E-state index contributed by atoms with van der Waals surface area (Å²) in [4.78, 5) is 18.0. The summed E-state index contributed by atoms with van der Waals surface area (Å²) >= 11 is 0. The maximum Gasteiger partial charge on any atom is 0.253 e. The van der Waals surface area contributed by atoms with Gasteiger partial charge in [-0.05, 0) is 31.9 Å². The van der Waals surface area contributed by atoms with Gasteiger partial charge in [0, 0.05) is 31.5 Å². The Hall–Kier alpha value is -1.62. The van der Waals surface area contributed by atoms with Crippen LogP contribution < -0.4 is 5.73 Å². The molecule has 2 rings (SSSR count). The number of rotatable bonds is 3. The van der Waals surface area contributed by atoms with Crippen LogP contribution in [0.2, 0.25) is 0 Å². The lowest BCUT2D eigenvalue weighted by molar-refractivity contribution is 0.0587. The number of hydrogen-bond donors (Lipinski definition) is 1. The molecule has 1 aromatic rings. The zero-order valence-corrected chi connectivity index (χ0v) is 10.8. The van der Waals surface area contributed by atoms with Crippen LogP contribution in [0, 0.1) is 6.92 Å². The Kier molecular flexibility index (Phi) is 3.81. The summed E-state index contributed by atoms with van der Waals surface area (Å²) in [6.07, 6.45) is 2.27. The molecule has 2 N–H and O–H groups in total. The predicted octanol–water partition coefficient (Wildman–Crippen LogP) is 1.22. The summed E-state index contributed by atoms with van der Waals surface area (Å²) in [5.41, 5.74) is 6.99. The molecule has 1 aromatic heterocycles. The first-order chi connectivity index (χ1) is 8.56. The number of hydrogen-bond acceptors (Lipinski definition) is 4. The van der Waals surface area contributed by atoms with Crippen molar-refractivity contribution in [3.8, 4) is 0 Å². The third-order valence-electron chi connectivity index (χ3n) is 3.07. The highest BCUT2D eigenvalue weighted by molar-refractivity contribution is 5.94. The standard InChI is InChI=1S/C13H19N3O2/c1-9-6-10(7-12(14)15-9)13(17)16(2)8-11-4-3-5-18-11/h6-7,11H,3-5,8H2,1-2H3,(H2,14,15). The minimum absolute atomic E-state index is 0.0392. The number of amides is 1. The maximum atomic E-state index is 12.2. The fraction of sp³-hybridized carbons (Fsp3) is 0.538. The Morgan fingerprint density at radius 2 is 2.39 bits per heavy atom. The molecule has 1 aliphatic heterocycles. The SMILES string of the molecule is Cc1cc(C(=O)N(C)CC2CCCO2)cc(N)n1. The van der Waals surface area contributed by atoms with Crippen molar-refractivity contribution in [2.24, 2.45) is 0 Å². The van der Waals surface area contributed by atoms with Gasteiger partial charge >= 0.3 is 0 Å². The molecule has 1 unspecified atom stereocenters. The van der Waals surface area contributed by atoms with Crippen molar-refractivity contribution < 1.29 is 9.53 Å². The molecule has 1 amide bonds. The molecular weight excluding hydrogens is 230 g/mol. The van der Waals surface area contributed by atoms with Gasteiger partial charge in [0.2, 0.25) is 0 Å². The van der Waals surface area contributed by atoms with Gasteiger partial charge in [-0.25, -0.2) is 4.98 Å². The summed E-state index contributed by atoms with van der Waals surface area (Å²) in [5, 5.41) is 0. The van der Waals surface area contributed by atoms with E-state index in [0.29, 0.717) is 17.9 Å². The summed E-state index contributed by atoms with van der Waals surface area (Å²) in [6, 6.07) is 3.37. The van der Waals surface area contributed by atoms with Crippen LogP contribution in [-0.2, 0) is 4.74 Å². The fourth-order valence-corrected chi connectivity index (χ4v) is 2.21. The molecule has 1 aliphatic rings. The van der Waals surface area contributed by atoms with Crippen molar-refractivity contribution in [1.82, 2.24) is 9.88 Å². The molecule has 5 heteroatoms. The third-order valence-corrected chi connectivity index (χ3v) is 3.07. The quantitative estimate of drug-likeness (QED) is 0.874. The van der Waals surface area contributed by atoms with Crippen molar-refractivity contribution in [1.29, 1.82) is 0 Å². The molecule has 0 saturated carbocycles. The first-order valence-corrected chi connectivity index (χ1v) is 6.17. The minimum atomic E-state index is -0.0392. The number of carbonyl (C=O) groups is 1. The predicted molar refractivity (Wildman–Crippen MR) is 69.3 cm³/mol. The fourth-order valence-electron chi connectivity index (χ4n) is 2.21. The molecule has 18 heavy (non-hydrogen) atoms. The van der Waals surface area contributed by atoms with E-state index in [0.717, 1.165) is 25.1 Å². The van der Waals surface area contributed by atoms with Crippen LogP contribution in [0.4, 0.5) is 5.82 Å². The first kappa shape index (κ1) is 12.8.